The van der Waals surface area contributed by atoms with E-state index in [1.165, 1.54) is 0 Å². The van der Waals surface area contributed by atoms with Gasteiger partial charge in [0.15, 0.2) is 5.82 Å². The quantitative estimate of drug-likeness (QED) is 0.724. The van der Waals surface area contributed by atoms with Gasteiger partial charge in [-0.15, -0.1) is 0 Å². The van der Waals surface area contributed by atoms with Crippen LogP contribution in [0.2, 0.25) is 0 Å². The lowest BCUT2D eigenvalue weighted by molar-refractivity contribution is 0.0944. The highest BCUT2D eigenvalue weighted by Crippen LogP contribution is 2.16. The Bertz CT molecular complexity index is 865. The van der Waals surface area contributed by atoms with E-state index in [0.717, 1.165) is 31.5 Å². The Hall–Kier alpha value is -3.00. The van der Waals surface area contributed by atoms with Gasteiger partial charge in [-0.3, -0.25) is 9.48 Å². The minimum absolute atomic E-state index is 0.192. The molecule has 0 aromatic carbocycles. The van der Waals surface area contributed by atoms with Crippen LogP contribution < -0.4 is 10.6 Å². The summed E-state index contributed by atoms with van der Waals surface area (Å²) in [5.74, 6) is 0.513. The third-order valence-electron chi connectivity index (χ3n) is 4.51. The van der Waals surface area contributed by atoms with E-state index in [-0.39, 0.29) is 5.91 Å². The van der Waals surface area contributed by atoms with Crippen molar-refractivity contribution in [1.82, 2.24) is 35.2 Å². The molecule has 0 radical (unpaired) electrons. The second-order valence-electron chi connectivity index (χ2n) is 6.30. The van der Waals surface area contributed by atoms with E-state index < -0.39 is 0 Å². The molecule has 0 bridgehead atoms. The summed E-state index contributed by atoms with van der Waals surface area (Å²) in [6, 6.07) is 7.69. The molecule has 1 unspecified atom stereocenters. The van der Waals surface area contributed by atoms with Gasteiger partial charge in [-0.25, -0.2) is 9.67 Å². The van der Waals surface area contributed by atoms with Gasteiger partial charge in [0.25, 0.3) is 5.91 Å². The van der Waals surface area contributed by atoms with Gasteiger partial charge >= 0.3 is 0 Å². The molecule has 8 nitrogen and oxygen atoms in total. The van der Waals surface area contributed by atoms with Crippen molar-refractivity contribution in [3.8, 4) is 5.82 Å². The van der Waals surface area contributed by atoms with Crippen LogP contribution in [0.4, 0.5) is 0 Å². The zero-order valence-electron chi connectivity index (χ0n) is 14.4. The van der Waals surface area contributed by atoms with Crippen LogP contribution in [0, 0.1) is 0 Å². The minimum Gasteiger partial charge on any atom is -0.346 e. The fraction of sp³-hybridized carbons (Fsp3) is 0.333. The van der Waals surface area contributed by atoms with E-state index in [1.807, 2.05) is 35.3 Å². The summed E-state index contributed by atoms with van der Waals surface area (Å²) in [6.45, 7) is 2.31. The number of rotatable bonds is 5. The van der Waals surface area contributed by atoms with Crippen LogP contribution in [-0.4, -0.2) is 43.5 Å². The molecule has 1 fully saturated rings. The summed E-state index contributed by atoms with van der Waals surface area (Å²) in [5, 5.41) is 14.9. The highest BCUT2D eigenvalue weighted by atomic mass is 16.1. The van der Waals surface area contributed by atoms with E-state index in [2.05, 4.69) is 25.8 Å². The maximum Gasteiger partial charge on any atom is 0.272 e. The molecule has 3 aromatic heterocycles. The number of piperidine rings is 1. The summed E-state index contributed by atoms with van der Waals surface area (Å²) in [4.78, 5) is 16.8. The van der Waals surface area contributed by atoms with Gasteiger partial charge in [-0.1, -0.05) is 6.07 Å². The molecule has 1 aliphatic rings. The normalized spacial score (nSPS) is 17.2. The largest absolute Gasteiger partial charge is 0.346 e. The van der Waals surface area contributed by atoms with Crippen molar-refractivity contribution >= 4 is 5.91 Å². The smallest absolute Gasteiger partial charge is 0.272 e. The number of hydrogen-bond donors (Lipinski definition) is 2. The Morgan fingerprint density at radius 3 is 3.04 bits per heavy atom. The maximum absolute atomic E-state index is 12.5. The van der Waals surface area contributed by atoms with E-state index >= 15 is 0 Å². The lowest BCUT2D eigenvalue weighted by atomic mass is 10.1. The Labute approximate surface area is 151 Å². The van der Waals surface area contributed by atoms with Crippen molar-refractivity contribution in [2.45, 2.75) is 25.4 Å². The van der Waals surface area contributed by atoms with Crippen molar-refractivity contribution in [3.05, 3.63) is 60.3 Å². The molecule has 4 rings (SSSR count). The first kappa shape index (κ1) is 16.5. The molecule has 3 aromatic rings. The molecule has 0 spiro atoms. The zero-order chi connectivity index (χ0) is 17.8. The molecular formula is C18H21N7O. The number of hydrogen-bond acceptors (Lipinski definition) is 5. The van der Waals surface area contributed by atoms with Crippen LogP contribution in [0.5, 0.6) is 0 Å². The lowest BCUT2D eigenvalue weighted by Gasteiger charge is -2.22. The molecule has 1 amide bonds. The number of amides is 1. The number of nitrogens with zero attached hydrogens (tertiary/aromatic N) is 5. The van der Waals surface area contributed by atoms with Gasteiger partial charge in [0, 0.05) is 43.4 Å². The fourth-order valence-electron chi connectivity index (χ4n) is 3.16. The second-order valence-corrected chi connectivity index (χ2v) is 6.30. The van der Waals surface area contributed by atoms with Gasteiger partial charge < -0.3 is 10.6 Å². The summed E-state index contributed by atoms with van der Waals surface area (Å²) in [5.41, 5.74) is 1.32. The average Bonchev–Trinajstić information content (AvgIpc) is 3.39. The first-order valence-electron chi connectivity index (χ1n) is 8.79. The molecule has 1 atom stereocenters. The fourth-order valence-corrected chi connectivity index (χ4v) is 3.16. The Balaban J connectivity index is 1.43. The van der Waals surface area contributed by atoms with Gasteiger partial charge in [0.05, 0.1) is 6.04 Å². The molecule has 26 heavy (non-hydrogen) atoms. The lowest BCUT2D eigenvalue weighted by Crippen LogP contribution is -2.32. The van der Waals surface area contributed by atoms with E-state index in [1.54, 1.807) is 23.1 Å². The molecular weight excluding hydrogens is 330 g/mol. The summed E-state index contributed by atoms with van der Waals surface area (Å²) in [6.07, 6.45) is 9.33. The molecule has 2 N–H and O–H groups in total. The van der Waals surface area contributed by atoms with Crippen LogP contribution in [0.15, 0.2) is 49.1 Å². The topological polar surface area (TPSA) is 89.7 Å². The predicted molar refractivity (Wildman–Crippen MR) is 95.9 cm³/mol. The Morgan fingerprint density at radius 2 is 2.23 bits per heavy atom. The molecule has 4 heterocycles. The summed E-state index contributed by atoms with van der Waals surface area (Å²) < 4.78 is 3.58. The highest BCUT2D eigenvalue weighted by molar-refractivity contribution is 5.92. The van der Waals surface area contributed by atoms with Gasteiger partial charge in [0.1, 0.15) is 5.69 Å². The summed E-state index contributed by atoms with van der Waals surface area (Å²) >= 11 is 0. The summed E-state index contributed by atoms with van der Waals surface area (Å²) in [7, 11) is 0. The molecule has 0 saturated carbocycles. The van der Waals surface area contributed by atoms with Crippen molar-refractivity contribution in [3.63, 3.8) is 0 Å². The highest BCUT2D eigenvalue weighted by Gasteiger charge is 2.18. The van der Waals surface area contributed by atoms with Crippen LogP contribution in [0.25, 0.3) is 5.82 Å². The Morgan fingerprint density at radius 1 is 1.27 bits per heavy atom. The van der Waals surface area contributed by atoms with Crippen LogP contribution in [0.1, 0.15) is 34.9 Å². The first-order chi connectivity index (χ1) is 12.8. The molecule has 1 saturated heterocycles. The predicted octanol–water partition coefficient (Wildman–Crippen LogP) is 1.32. The standard InChI is InChI=1S/C18H21N7O/c26-18(16-6-11-24(23-16)15-5-2-7-19-13-15)21-12-14-4-1-8-20-17(14)25-10-3-9-22-25/h1,3-4,6,8-11,15,19H,2,5,7,12-13H2,(H,21,26). The number of carbonyl (C=O) groups is 1. The third-order valence-corrected chi connectivity index (χ3v) is 4.51. The number of carbonyl (C=O) groups excluding carboxylic acids is 1. The molecule has 0 aliphatic carbocycles. The van der Waals surface area contributed by atoms with Crippen molar-refractivity contribution in [1.29, 1.82) is 0 Å². The SMILES string of the molecule is O=C(NCc1cccnc1-n1cccn1)c1ccn(C2CCCNC2)n1. The first-order valence-corrected chi connectivity index (χ1v) is 8.79. The van der Waals surface area contributed by atoms with Gasteiger partial charge in [0.2, 0.25) is 0 Å². The van der Waals surface area contributed by atoms with Gasteiger partial charge in [-0.2, -0.15) is 10.2 Å². The van der Waals surface area contributed by atoms with Crippen LogP contribution >= 0.6 is 0 Å². The Kier molecular flexibility index (Phi) is 4.74. The van der Waals surface area contributed by atoms with E-state index in [9.17, 15) is 4.79 Å². The van der Waals surface area contributed by atoms with Crippen LogP contribution in [0.3, 0.4) is 0 Å². The number of nitrogens with one attached hydrogen (secondary N) is 2. The van der Waals surface area contributed by atoms with Crippen molar-refractivity contribution < 1.29 is 4.79 Å². The zero-order valence-corrected chi connectivity index (χ0v) is 14.4. The number of pyridine rings is 1. The minimum atomic E-state index is -0.192. The van der Waals surface area contributed by atoms with E-state index in [4.69, 9.17) is 0 Å². The molecule has 8 heteroatoms. The monoisotopic (exact) mass is 351 g/mol. The van der Waals surface area contributed by atoms with Crippen LogP contribution in [-0.2, 0) is 6.54 Å². The second kappa shape index (κ2) is 7.49. The molecule has 134 valence electrons. The molecule has 1 aliphatic heterocycles. The average molecular weight is 351 g/mol. The van der Waals surface area contributed by atoms with E-state index in [0.29, 0.717) is 24.1 Å². The van der Waals surface area contributed by atoms with Gasteiger partial charge in [-0.05, 0) is 37.6 Å². The number of aromatic nitrogens is 5. The maximum atomic E-state index is 12.5. The third kappa shape index (κ3) is 3.50. The van der Waals surface area contributed by atoms with Crippen molar-refractivity contribution in [2.75, 3.05) is 13.1 Å². The van der Waals surface area contributed by atoms with Crippen molar-refractivity contribution in [2.24, 2.45) is 0 Å².